The maximum Gasteiger partial charge on any atom is 0.166 e. The van der Waals surface area contributed by atoms with Crippen molar-refractivity contribution in [3.05, 3.63) is 138 Å². The van der Waals surface area contributed by atoms with Gasteiger partial charge < -0.3 is 0 Å². The molecule has 0 spiro atoms. The monoisotopic (exact) mass is 752 g/mol. The van der Waals surface area contributed by atoms with E-state index < -0.39 is 0 Å². The number of carbonyl (C=O) groups is 2. The maximum atomic E-state index is 13.3. The SMILES string of the molecule is Fc1ccc(Br)c(CBr)c1.O=C1CCc2cc(F)ccc21.O=C1c2ccc(F)cc2CC1Cc1cc(F)ccc1Br. The number of Topliss-reactive ketones (excluding diaryl/α,β-unsaturated/α-hetero) is 2. The summed E-state index contributed by atoms with van der Waals surface area (Å²) in [5, 5.41) is 0.672. The van der Waals surface area contributed by atoms with Crippen molar-refractivity contribution < 1.29 is 27.2 Å². The molecule has 0 amide bonds. The van der Waals surface area contributed by atoms with Gasteiger partial charge in [0.1, 0.15) is 23.3 Å². The van der Waals surface area contributed by atoms with Gasteiger partial charge in [-0.1, -0.05) is 47.8 Å². The van der Waals surface area contributed by atoms with E-state index in [1.54, 1.807) is 18.2 Å². The summed E-state index contributed by atoms with van der Waals surface area (Å²) < 4.78 is 53.3. The average Bonchev–Trinajstić information content (AvgIpc) is 3.46. The molecule has 212 valence electrons. The molecule has 0 saturated carbocycles. The van der Waals surface area contributed by atoms with E-state index in [4.69, 9.17) is 0 Å². The van der Waals surface area contributed by atoms with Crippen molar-refractivity contribution in [2.45, 2.75) is 31.0 Å². The van der Waals surface area contributed by atoms with Crippen LogP contribution in [0.2, 0.25) is 0 Å². The number of alkyl halides is 1. The number of benzene rings is 4. The van der Waals surface area contributed by atoms with Gasteiger partial charge in [-0.05, 0) is 114 Å². The van der Waals surface area contributed by atoms with Crippen LogP contribution in [0, 0.1) is 29.2 Å². The number of aryl methyl sites for hydroxylation is 1. The standard InChI is InChI=1S/C16H11BrF2O.C9H7FO.C7H5Br2F/c17-15-4-2-13(19)8-10(15)6-11-5-9-7-12(18)1-3-14(9)16(11)20;10-7-2-3-8-6(5-7)1-4-9(8)11;8-4-5-3-6(10)1-2-7(5)9/h1-4,7-8,11H,5-6H2;2-3,5H,1,4H2;1-3H,4H2. The summed E-state index contributed by atoms with van der Waals surface area (Å²) in [6.07, 6.45) is 2.20. The fraction of sp³-hybridized carbons (Fsp3) is 0.188. The first-order valence-electron chi connectivity index (χ1n) is 12.6. The molecule has 41 heavy (non-hydrogen) atoms. The van der Waals surface area contributed by atoms with Gasteiger partial charge in [0.05, 0.1) is 0 Å². The lowest BCUT2D eigenvalue weighted by Gasteiger charge is -2.10. The minimum absolute atomic E-state index is 0.0103. The largest absolute Gasteiger partial charge is 0.294 e. The van der Waals surface area contributed by atoms with Gasteiger partial charge in [-0.15, -0.1) is 0 Å². The number of hydrogen-bond acceptors (Lipinski definition) is 2. The molecule has 0 aromatic heterocycles. The highest BCUT2D eigenvalue weighted by atomic mass is 79.9. The summed E-state index contributed by atoms with van der Waals surface area (Å²) in [6.45, 7) is 0. The van der Waals surface area contributed by atoms with Gasteiger partial charge in [0.15, 0.2) is 11.6 Å². The third-order valence-corrected chi connectivity index (χ3v) is 8.94. The predicted molar refractivity (Wildman–Crippen MR) is 162 cm³/mol. The van der Waals surface area contributed by atoms with E-state index in [1.165, 1.54) is 54.6 Å². The second kappa shape index (κ2) is 14.0. The van der Waals surface area contributed by atoms with Gasteiger partial charge in [-0.25, -0.2) is 17.6 Å². The second-order valence-electron chi connectivity index (χ2n) is 9.60. The Morgan fingerprint density at radius 1 is 0.634 bits per heavy atom. The summed E-state index contributed by atoms with van der Waals surface area (Å²) in [7, 11) is 0. The van der Waals surface area contributed by atoms with Crippen LogP contribution in [0.25, 0.3) is 0 Å². The zero-order valence-corrected chi connectivity index (χ0v) is 26.3. The minimum atomic E-state index is -0.330. The third-order valence-electron chi connectivity index (χ3n) is 6.78. The highest BCUT2D eigenvalue weighted by Crippen LogP contribution is 2.32. The molecule has 0 radical (unpaired) electrons. The molecule has 0 saturated heterocycles. The first-order valence-corrected chi connectivity index (χ1v) is 15.3. The molecular formula is C32H23Br3F4O2. The van der Waals surface area contributed by atoms with E-state index in [1.807, 2.05) is 0 Å². The van der Waals surface area contributed by atoms with Crippen molar-refractivity contribution in [2.24, 2.45) is 5.92 Å². The molecule has 0 heterocycles. The highest BCUT2D eigenvalue weighted by molar-refractivity contribution is 9.11. The lowest BCUT2D eigenvalue weighted by molar-refractivity contribution is 0.0935. The van der Waals surface area contributed by atoms with Gasteiger partial charge in [0.2, 0.25) is 0 Å². The maximum absolute atomic E-state index is 13.3. The molecule has 9 heteroatoms. The molecule has 1 atom stereocenters. The Morgan fingerprint density at radius 2 is 1.15 bits per heavy atom. The van der Waals surface area contributed by atoms with Gasteiger partial charge in [0.25, 0.3) is 0 Å². The summed E-state index contributed by atoms with van der Waals surface area (Å²) in [4.78, 5) is 23.3. The molecule has 2 aliphatic rings. The topological polar surface area (TPSA) is 34.1 Å². The number of ketones is 2. The molecule has 0 fully saturated rings. The van der Waals surface area contributed by atoms with Crippen LogP contribution in [0.1, 0.15) is 49.4 Å². The van der Waals surface area contributed by atoms with Crippen LogP contribution < -0.4 is 0 Å². The van der Waals surface area contributed by atoms with Crippen LogP contribution in [-0.2, 0) is 24.6 Å². The highest BCUT2D eigenvalue weighted by Gasteiger charge is 2.31. The van der Waals surface area contributed by atoms with E-state index in [-0.39, 0.29) is 40.8 Å². The van der Waals surface area contributed by atoms with Crippen molar-refractivity contribution in [3.63, 3.8) is 0 Å². The summed E-state index contributed by atoms with van der Waals surface area (Å²) in [5.41, 5.74) is 4.58. The lowest BCUT2D eigenvalue weighted by atomic mass is 9.96. The van der Waals surface area contributed by atoms with Crippen molar-refractivity contribution in [1.29, 1.82) is 0 Å². The molecule has 6 rings (SSSR count). The van der Waals surface area contributed by atoms with Gasteiger partial charge in [0, 0.05) is 37.7 Å². The van der Waals surface area contributed by atoms with Crippen molar-refractivity contribution in [3.8, 4) is 0 Å². The van der Waals surface area contributed by atoms with Crippen molar-refractivity contribution in [1.82, 2.24) is 0 Å². The Hall–Kier alpha value is -2.62. The Morgan fingerprint density at radius 3 is 1.76 bits per heavy atom. The van der Waals surface area contributed by atoms with E-state index in [9.17, 15) is 27.2 Å². The number of rotatable bonds is 3. The molecule has 4 aromatic carbocycles. The zero-order chi connectivity index (χ0) is 29.7. The van der Waals surface area contributed by atoms with E-state index >= 15 is 0 Å². The fourth-order valence-electron chi connectivity index (χ4n) is 4.75. The smallest absolute Gasteiger partial charge is 0.166 e. The van der Waals surface area contributed by atoms with E-state index in [0.29, 0.717) is 42.1 Å². The summed E-state index contributed by atoms with van der Waals surface area (Å²) in [5.74, 6) is -1.20. The molecule has 0 N–H and O–H groups in total. The zero-order valence-electron chi connectivity index (χ0n) is 21.5. The van der Waals surface area contributed by atoms with Gasteiger partial charge >= 0.3 is 0 Å². The fourth-order valence-corrected chi connectivity index (χ4v) is 6.38. The summed E-state index contributed by atoms with van der Waals surface area (Å²) in [6, 6.07) is 17.7. The molecular weight excluding hydrogens is 732 g/mol. The Labute approximate surface area is 260 Å². The second-order valence-corrected chi connectivity index (χ2v) is 11.9. The molecule has 4 aromatic rings. The first-order chi connectivity index (χ1) is 19.5. The average molecular weight is 755 g/mol. The van der Waals surface area contributed by atoms with Crippen LogP contribution >= 0.6 is 47.8 Å². The quantitative estimate of drug-likeness (QED) is 0.154. The molecule has 2 nitrogen and oxygen atoms in total. The Balaban J connectivity index is 0.000000156. The van der Waals surface area contributed by atoms with Crippen LogP contribution in [0.15, 0.2) is 81.7 Å². The van der Waals surface area contributed by atoms with Crippen LogP contribution in [0.5, 0.6) is 0 Å². The van der Waals surface area contributed by atoms with Crippen LogP contribution in [0.4, 0.5) is 17.6 Å². The van der Waals surface area contributed by atoms with E-state index in [2.05, 4.69) is 47.8 Å². The number of halogens is 7. The Bertz CT molecular complexity index is 1610. The van der Waals surface area contributed by atoms with Gasteiger partial charge in [-0.3, -0.25) is 9.59 Å². The van der Waals surface area contributed by atoms with Crippen LogP contribution in [0.3, 0.4) is 0 Å². The number of hydrogen-bond donors (Lipinski definition) is 0. The number of carbonyl (C=O) groups excluding carboxylic acids is 2. The third kappa shape index (κ3) is 8.02. The lowest BCUT2D eigenvalue weighted by Crippen LogP contribution is -2.12. The number of fused-ring (bicyclic) bond motifs is 2. The normalized spacial score (nSPS) is 15.0. The summed E-state index contributed by atoms with van der Waals surface area (Å²) >= 11 is 9.91. The predicted octanol–water partition coefficient (Wildman–Crippen LogP) is 9.76. The van der Waals surface area contributed by atoms with Gasteiger partial charge in [-0.2, -0.15) is 0 Å². The van der Waals surface area contributed by atoms with Crippen molar-refractivity contribution >= 4 is 59.4 Å². The molecule has 0 bridgehead atoms. The Kier molecular flexibility index (Phi) is 10.7. The van der Waals surface area contributed by atoms with Crippen LogP contribution in [-0.4, -0.2) is 11.6 Å². The van der Waals surface area contributed by atoms with Crippen molar-refractivity contribution in [2.75, 3.05) is 0 Å². The molecule has 2 aliphatic carbocycles. The molecule has 0 aliphatic heterocycles. The first kappa shape index (κ1) is 31.3. The molecule has 1 unspecified atom stereocenters. The van der Waals surface area contributed by atoms with E-state index in [0.717, 1.165) is 31.2 Å². The minimum Gasteiger partial charge on any atom is -0.294 e.